The summed E-state index contributed by atoms with van der Waals surface area (Å²) in [7, 11) is 1.71. The highest BCUT2D eigenvalue weighted by atomic mass is 16.5. The van der Waals surface area contributed by atoms with Crippen LogP contribution in [0.25, 0.3) is 0 Å². The van der Waals surface area contributed by atoms with Crippen LogP contribution in [-0.2, 0) is 16.2 Å². The molecule has 0 N–H and O–H groups in total. The van der Waals surface area contributed by atoms with Crippen LogP contribution in [0.5, 0.6) is 11.5 Å². The first kappa shape index (κ1) is 27.5. The molecule has 0 unspecified atom stereocenters. The van der Waals surface area contributed by atoms with E-state index in [2.05, 4.69) is 126 Å². The molecule has 4 aromatic carbocycles. The molecule has 38 heavy (non-hydrogen) atoms. The molecule has 0 amide bonds. The Balaban J connectivity index is 1.55. The van der Waals surface area contributed by atoms with E-state index < -0.39 is 0 Å². The monoisotopic (exact) mass is 506 g/mol. The molecule has 0 aliphatic carbocycles. The molecule has 2 nitrogen and oxygen atoms in total. The molecule has 0 aliphatic heterocycles. The molecule has 0 saturated heterocycles. The van der Waals surface area contributed by atoms with Crippen molar-refractivity contribution in [3.63, 3.8) is 0 Å². The number of hydrogen-bond acceptors (Lipinski definition) is 2. The summed E-state index contributed by atoms with van der Waals surface area (Å²) in [6, 6.07) is 35.2. The minimum atomic E-state index is -0.107. The fraction of sp³-hybridized carbons (Fsp3) is 0.333. The second-order valence-corrected chi connectivity index (χ2v) is 11.7. The van der Waals surface area contributed by atoms with Gasteiger partial charge in [0.2, 0.25) is 0 Å². The molecule has 0 aliphatic rings. The maximum atomic E-state index is 5.63. The van der Waals surface area contributed by atoms with Crippen LogP contribution in [0.3, 0.4) is 0 Å². The predicted octanol–water partition coefficient (Wildman–Crippen LogP) is 9.07. The van der Waals surface area contributed by atoms with Crippen LogP contribution in [0.4, 0.5) is 0 Å². The van der Waals surface area contributed by atoms with Crippen molar-refractivity contribution in [1.29, 1.82) is 0 Å². The lowest BCUT2D eigenvalue weighted by Crippen LogP contribution is -2.22. The van der Waals surface area contributed by atoms with Crippen molar-refractivity contribution in [1.82, 2.24) is 0 Å². The Kier molecular flexibility index (Phi) is 7.74. The topological polar surface area (TPSA) is 18.5 Å². The second kappa shape index (κ2) is 10.7. The minimum absolute atomic E-state index is 0.0942. The van der Waals surface area contributed by atoms with E-state index in [1.165, 1.54) is 33.4 Å². The van der Waals surface area contributed by atoms with Gasteiger partial charge in [-0.1, -0.05) is 114 Å². The summed E-state index contributed by atoms with van der Waals surface area (Å²) in [6.07, 6.45) is 0. The summed E-state index contributed by atoms with van der Waals surface area (Å²) >= 11 is 0. The highest BCUT2D eigenvalue weighted by Gasteiger charge is 2.28. The Morgan fingerprint density at radius 1 is 0.421 bits per heavy atom. The van der Waals surface area contributed by atoms with Crippen molar-refractivity contribution in [2.24, 2.45) is 0 Å². The normalized spacial score (nSPS) is 12.3. The van der Waals surface area contributed by atoms with Gasteiger partial charge in [-0.25, -0.2) is 0 Å². The lowest BCUT2D eigenvalue weighted by molar-refractivity contribution is 0.340. The van der Waals surface area contributed by atoms with Gasteiger partial charge in [0.05, 0.1) is 13.7 Å². The summed E-state index contributed by atoms with van der Waals surface area (Å²) in [6.45, 7) is 16.4. The number of benzene rings is 4. The Bertz CT molecular complexity index is 1320. The lowest BCUT2D eigenvalue weighted by Gasteiger charge is -2.31. The van der Waals surface area contributed by atoms with E-state index in [-0.39, 0.29) is 16.2 Å². The fourth-order valence-electron chi connectivity index (χ4n) is 5.25. The predicted molar refractivity (Wildman–Crippen MR) is 160 cm³/mol. The first-order valence-electron chi connectivity index (χ1n) is 13.6. The number of rotatable bonds is 9. The third-order valence-corrected chi connectivity index (χ3v) is 8.36. The third-order valence-electron chi connectivity index (χ3n) is 8.36. The van der Waals surface area contributed by atoms with Gasteiger partial charge < -0.3 is 9.47 Å². The van der Waals surface area contributed by atoms with Gasteiger partial charge in [0.25, 0.3) is 0 Å². The molecule has 198 valence electrons. The van der Waals surface area contributed by atoms with E-state index in [0.29, 0.717) is 6.61 Å². The highest BCUT2D eigenvalue weighted by Crippen LogP contribution is 2.38. The Labute approximate surface area is 229 Å². The quantitative estimate of drug-likeness (QED) is 0.225. The van der Waals surface area contributed by atoms with Crippen LogP contribution in [0.2, 0.25) is 0 Å². The molecular formula is C36H42O2. The van der Waals surface area contributed by atoms with Gasteiger partial charge in [-0.05, 0) is 64.6 Å². The molecule has 2 heteroatoms. The average molecular weight is 507 g/mol. The highest BCUT2D eigenvalue weighted by molar-refractivity contribution is 5.46. The summed E-state index contributed by atoms with van der Waals surface area (Å²) in [5.74, 6) is 1.80. The molecule has 0 heterocycles. The lowest BCUT2D eigenvalue weighted by atomic mass is 9.73. The van der Waals surface area contributed by atoms with E-state index in [1.807, 2.05) is 19.1 Å². The van der Waals surface area contributed by atoms with Crippen LogP contribution in [0.15, 0.2) is 97.1 Å². The van der Waals surface area contributed by atoms with E-state index >= 15 is 0 Å². The Hall–Kier alpha value is -3.52. The van der Waals surface area contributed by atoms with Crippen molar-refractivity contribution in [2.75, 3.05) is 13.7 Å². The van der Waals surface area contributed by atoms with Gasteiger partial charge in [-0.15, -0.1) is 0 Å². The zero-order valence-electron chi connectivity index (χ0n) is 24.3. The van der Waals surface area contributed by atoms with Crippen LogP contribution >= 0.6 is 0 Å². The summed E-state index contributed by atoms with van der Waals surface area (Å²) in [5, 5.41) is 0. The van der Waals surface area contributed by atoms with Crippen LogP contribution in [-0.4, -0.2) is 13.7 Å². The molecule has 0 atom stereocenters. The minimum Gasteiger partial charge on any atom is -0.497 e. The fourth-order valence-corrected chi connectivity index (χ4v) is 5.25. The SMILES string of the molecule is CCOc1ccc(C(C)(C)c2ccc(C(C)(C)c3ccc(C(C)(C)c4ccc(OC)cc4)cc3)cc2)cc1. The van der Waals surface area contributed by atoms with Gasteiger partial charge in [-0.3, -0.25) is 0 Å². The molecule has 0 saturated carbocycles. The van der Waals surface area contributed by atoms with Gasteiger partial charge in [0.1, 0.15) is 11.5 Å². The zero-order chi connectivity index (χ0) is 27.6. The van der Waals surface area contributed by atoms with E-state index in [4.69, 9.17) is 9.47 Å². The van der Waals surface area contributed by atoms with E-state index in [1.54, 1.807) is 7.11 Å². The van der Waals surface area contributed by atoms with Crippen LogP contribution in [0.1, 0.15) is 81.8 Å². The van der Waals surface area contributed by atoms with Gasteiger partial charge in [0.15, 0.2) is 0 Å². The molecule has 0 bridgehead atoms. The standard InChI is InChI=1S/C36H42O2/c1-9-38-33-24-20-31(21-25-33)36(6,7)29-16-12-27(13-17-29)34(2,3)26-10-14-28(15-11-26)35(4,5)30-18-22-32(37-8)23-19-30/h10-25H,9H2,1-8H3. The van der Waals surface area contributed by atoms with Crippen molar-refractivity contribution in [3.8, 4) is 11.5 Å². The second-order valence-electron chi connectivity index (χ2n) is 11.7. The molecule has 0 fully saturated rings. The number of methoxy groups -OCH3 is 1. The summed E-state index contributed by atoms with van der Waals surface area (Å²) in [4.78, 5) is 0. The number of hydrogen-bond donors (Lipinski definition) is 0. The van der Waals surface area contributed by atoms with Crippen molar-refractivity contribution < 1.29 is 9.47 Å². The molecule has 4 rings (SSSR count). The van der Waals surface area contributed by atoms with Crippen LogP contribution in [0, 0.1) is 0 Å². The van der Waals surface area contributed by atoms with E-state index in [9.17, 15) is 0 Å². The molecular weight excluding hydrogens is 464 g/mol. The largest absolute Gasteiger partial charge is 0.497 e. The average Bonchev–Trinajstić information content (AvgIpc) is 2.93. The third kappa shape index (κ3) is 5.36. The maximum Gasteiger partial charge on any atom is 0.119 e. The molecule has 0 radical (unpaired) electrons. The van der Waals surface area contributed by atoms with Crippen molar-refractivity contribution >= 4 is 0 Å². The zero-order valence-corrected chi connectivity index (χ0v) is 24.3. The van der Waals surface area contributed by atoms with Gasteiger partial charge in [0, 0.05) is 16.2 Å². The molecule has 4 aromatic rings. The van der Waals surface area contributed by atoms with Crippen LogP contribution < -0.4 is 9.47 Å². The van der Waals surface area contributed by atoms with Crippen molar-refractivity contribution in [2.45, 2.75) is 64.7 Å². The Morgan fingerprint density at radius 2 is 0.658 bits per heavy atom. The first-order chi connectivity index (χ1) is 18.0. The molecule has 0 aromatic heterocycles. The van der Waals surface area contributed by atoms with Gasteiger partial charge in [-0.2, -0.15) is 0 Å². The first-order valence-corrected chi connectivity index (χ1v) is 13.6. The Morgan fingerprint density at radius 3 is 0.895 bits per heavy atom. The smallest absolute Gasteiger partial charge is 0.119 e. The summed E-state index contributed by atoms with van der Waals surface area (Å²) in [5.41, 5.74) is 7.48. The molecule has 0 spiro atoms. The maximum absolute atomic E-state index is 5.63. The summed E-state index contributed by atoms with van der Waals surface area (Å²) < 4.78 is 11.0. The van der Waals surface area contributed by atoms with Gasteiger partial charge >= 0.3 is 0 Å². The number of ether oxygens (including phenoxy) is 2. The van der Waals surface area contributed by atoms with E-state index in [0.717, 1.165) is 11.5 Å². The van der Waals surface area contributed by atoms with Crippen molar-refractivity contribution in [3.05, 3.63) is 130 Å².